The lowest BCUT2D eigenvalue weighted by atomic mass is 10.2. The van der Waals surface area contributed by atoms with E-state index in [1.165, 1.54) is 16.7 Å². The number of aromatic nitrogens is 2. The van der Waals surface area contributed by atoms with Gasteiger partial charge in [-0.1, -0.05) is 46.3 Å². The third kappa shape index (κ3) is 3.43. The van der Waals surface area contributed by atoms with E-state index in [0.717, 1.165) is 5.56 Å². The zero-order valence-corrected chi connectivity index (χ0v) is 12.6. The van der Waals surface area contributed by atoms with Crippen LogP contribution in [0.25, 0.3) is 0 Å². The molecule has 0 aliphatic rings. The number of alkyl halides is 1. The van der Waals surface area contributed by atoms with Gasteiger partial charge in [0.15, 0.2) is 0 Å². The standard InChI is InChI=1S/C12H14BrN3O2S/c13-6-7-16(10-11-4-2-1-3-5-11)19(17,18)12-8-14-15-9-12/h1-5,8-9H,6-7,10H2,(H,14,15). The molecule has 0 unspecified atom stereocenters. The van der Waals surface area contributed by atoms with Crippen molar-refractivity contribution in [2.75, 3.05) is 11.9 Å². The van der Waals surface area contributed by atoms with E-state index in [2.05, 4.69) is 26.1 Å². The number of H-pyrrole nitrogens is 1. The van der Waals surface area contributed by atoms with Crippen molar-refractivity contribution in [3.8, 4) is 0 Å². The Labute approximate surface area is 120 Å². The van der Waals surface area contributed by atoms with Crippen LogP contribution in [-0.2, 0) is 16.6 Å². The molecule has 1 heterocycles. The highest BCUT2D eigenvalue weighted by molar-refractivity contribution is 9.09. The highest BCUT2D eigenvalue weighted by atomic mass is 79.9. The molecule has 0 radical (unpaired) electrons. The number of nitrogens with zero attached hydrogens (tertiary/aromatic N) is 2. The van der Waals surface area contributed by atoms with Crippen molar-refractivity contribution in [1.82, 2.24) is 14.5 Å². The van der Waals surface area contributed by atoms with E-state index in [-0.39, 0.29) is 4.90 Å². The van der Waals surface area contributed by atoms with Crippen LogP contribution in [0.5, 0.6) is 0 Å². The van der Waals surface area contributed by atoms with Gasteiger partial charge in [-0.25, -0.2) is 8.42 Å². The zero-order chi connectivity index (χ0) is 13.7. The van der Waals surface area contributed by atoms with Gasteiger partial charge in [0, 0.05) is 24.6 Å². The third-order valence-electron chi connectivity index (χ3n) is 2.65. The molecule has 0 bridgehead atoms. The second-order valence-corrected chi connectivity index (χ2v) is 6.68. The topological polar surface area (TPSA) is 66.1 Å². The molecular weight excluding hydrogens is 330 g/mol. The number of sulfonamides is 1. The number of nitrogens with one attached hydrogen (secondary N) is 1. The Balaban J connectivity index is 2.26. The smallest absolute Gasteiger partial charge is 0.246 e. The summed E-state index contributed by atoms with van der Waals surface area (Å²) in [5, 5.41) is 6.80. The number of rotatable bonds is 6. The highest BCUT2D eigenvalue weighted by Gasteiger charge is 2.24. The van der Waals surface area contributed by atoms with Crippen molar-refractivity contribution < 1.29 is 8.42 Å². The Morgan fingerprint density at radius 1 is 1.26 bits per heavy atom. The number of hydrogen-bond donors (Lipinski definition) is 1. The van der Waals surface area contributed by atoms with Gasteiger partial charge < -0.3 is 0 Å². The fourth-order valence-corrected chi connectivity index (χ4v) is 3.69. The molecule has 2 aromatic rings. The van der Waals surface area contributed by atoms with Crippen LogP contribution in [0.2, 0.25) is 0 Å². The summed E-state index contributed by atoms with van der Waals surface area (Å²) in [6.07, 6.45) is 2.71. The van der Waals surface area contributed by atoms with Crippen LogP contribution in [0.4, 0.5) is 0 Å². The molecule has 1 aromatic carbocycles. The fraction of sp³-hybridized carbons (Fsp3) is 0.250. The molecule has 0 aliphatic carbocycles. The largest absolute Gasteiger partial charge is 0.284 e. The van der Waals surface area contributed by atoms with Gasteiger partial charge >= 0.3 is 0 Å². The molecule has 0 saturated carbocycles. The molecule has 5 nitrogen and oxygen atoms in total. The predicted octanol–water partition coefficient (Wildman–Crippen LogP) is 2.00. The average molecular weight is 344 g/mol. The van der Waals surface area contributed by atoms with Crippen LogP contribution in [-0.4, -0.2) is 34.8 Å². The Morgan fingerprint density at radius 2 is 2.00 bits per heavy atom. The van der Waals surface area contributed by atoms with E-state index in [1.54, 1.807) is 0 Å². The van der Waals surface area contributed by atoms with Crippen LogP contribution in [0, 0.1) is 0 Å². The molecule has 1 aromatic heterocycles. The molecule has 102 valence electrons. The van der Waals surface area contributed by atoms with Crippen molar-refractivity contribution in [3.63, 3.8) is 0 Å². The molecule has 1 N–H and O–H groups in total. The van der Waals surface area contributed by atoms with E-state index in [0.29, 0.717) is 18.4 Å². The second kappa shape index (κ2) is 6.31. The molecule has 7 heteroatoms. The molecule has 0 amide bonds. The molecule has 0 saturated heterocycles. The summed E-state index contributed by atoms with van der Waals surface area (Å²) in [6, 6.07) is 9.51. The number of aromatic amines is 1. The average Bonchev–Trinajstić information content (AvgIpc) is 2.94. The monoisotopic (exact) mass is 343 g/mol. The van der Waals surface area contributed by atoms with E-state index in [9.17, 15) is 8.42 Å². The summed E-state index contributed by atoms with van der Waals surface area (Å²) in [4.78, 5) is 0.185. The van der Waals surface area contributed by atoms with Gasteiger partial charge in [0.05, 0.1) is 6.20 Å². The van der Waals surface area contributed by atoms with E-state index < -0.39 is 10.0 Å². The maximum Gasteiger partial charge on any atom is 0.246 e. The van der Waals surface area contributed by atoms with E-state index in [4.69, 9.17) is 0 Å². The predicted molar refractivity (Wildman–Crippen MR) is 76.4 cm³/mol. The summed E-state index contributed by atoms with van der Waals surface area (Å²) in [6.45, 7) is 0.752. The molecule has 0 spiro atoms. The minimum absolute atomic E-state index is 0.185. The van der Waals surface area contributed by atoms with Crippen LogP contribution >= 0.6 is 15.9 Å². The first-order chi connectivity index (χ1) is 9.14. The molecule has 0 fully saturated rings. The van der Waals surface area contributed by atoms with Crippen molar-refractivity contribution in [2.24, 2.45) is 0 Å². The number of benzene rings is 1. The van der Waals surface area contributed by atoms with Crippen LogP contribution in [0.15, 0.2) is 47.6 Å². The third-order valence-corrected chi connectivity index (χ3v) is 4.81. The summed E-state index contributed by atoms with van der Waals surface area (Å²) in [7, 11) is -3.51. The van der Waals surface area contributed by atoms with Crippen molar-refractivity contribution in [2.45, 2.75) is 11.4 Å². The lowest BCUT2D eigenvalue weighted by molar-refractivity contribution is 0.427. The first-order valence-electron chi connectivity index (χ1n) is 5.73. The fourth-order valence-electron chi connectivity index (χ4n) is 1.69. The van der Waals surface area contributed by atoms with E-state index in [1.807, 2.05) is 30.3 Å². The van der Waals surface area contributed by atoms with Crippen LogP contribution in [0.1, 0.15) is 5.56 Å². The molecule has 2 rings (SSSR count). The first-order valence-corrected chi connectivity index (χ1v) is 8.29. The number of halogens is 1. The minimum Gasteiger partial charge on any atom is -0.284 e. The van der Waals surface area contributed by atoms with Gasteiger partial charge in [-0.15, -0.1) is 0 Å². The van der Waals surface area contributed by atoms with Crippen molar-refractivity contribution in [1.29, 1.82) is 0 Å². The summed E-state index contributed by atoms with van der Waals surface area (Å²) >= 11 is 3.29. The lowest BCUT2D eigenvalue weighted by Crippen LogP contribution is -2.32. The lowest BCUT2D eigenvalue weighted by Gasteiger charge is -2.20. The summed E-state index contributed by atoms with van der Waals surface area (Å²) in [5.74, 6) is 0. The Kier molecular flexibility index (Phi) is 4.73. The SMILES string of the molecule is O=S(=O)(c1cn[nH]c1)N(CCBr)Cc1ccccc1. The maximum atomic E-state index is 12.4. The van der Waals surface area contributed by atoms with Crippen LogP contribution in [0.3, 0.4) is 0 Å². The highest BCUT2D eigenvalue weighted by Crippen LogP contribution is 2.17. The second-order valence-electron chi connectivity index (χ2n) is 3.95. The van der Waals surface area contributed by atoms with Gasteiger partial charge in [0.25, 0.3) is 0 Å². The molecule has 19 heavy (non-hydrogen) atoms. The Hall–Kier alpha value is -1.18. The van der Waals surface area contributed by atoms with E-state index >= 15 is 0 Å². The van der Waals surface area contributed by atoms with Crippen LogP contribution < -0.4 is 0 Å². The molecular formula is C12H14BrN3O2S. The first kappa shape index (κ1) is 14.2. The number of hydrogen-bond acceptors (Lipinski definition) is 3. The minimum atomic E-state index is -3.51. The normalized spacial score (nSPS) is 11.9. The van der Waals surface area contributed by atoms with Gasteiger partial charge in [-0.2, -0.15) is 9.40 Å². The van der Waals surface area contributed by atoms with Crippen molar-refractivity contribution >= 4 is 26.0 Å². The summed E-state index contributed by atoms with van der Waals surface area (Å²) in [5.41, 5.74) is 0.954. The van der Waals surface area contributed by atoms with Gasteiger partial charge in [-0.05, 0) is 5.56 Å². The van der Waals surface area contributed by atoms with Gasteiger partial charge in [-0.3, -0.25) is 5.10 Å². The Bertz CT molecular complexity index is 599. The van der Waals surface area contributed by atoms with Crippen molar-refractivity contribution in [3.05, 3.63) is 48.3 Å². The molecule has 0 aliphatic heterocycles. The summed E-state index contributed by atoms with van der Waals surface area (Å²) < 4.78 is 26.3. The zero-order valence-electron chi connectivity index (χ0n) is 10.2. The van der Waals surface area contributed by atoms with Gasteiger partial charge in [0.2, 0.25) is 10.0 Å². The maximum absolute atomic E-state index is 12.4. The van der Waals surface area contributed by atoms with Gasteiger partial charge in [0.1, 0.15) is 4.90 Å². The Morgan fingerprint density at radius 3 is 2.58 bits per heavy atom. The quantitative estimate of drug-likeness (QED) is 0.815. The molecule has 0 atom stereocenters.